The second-order valence-electron chi connectivity index (χ2n) is 6.32. The van der Waals surface area contributed by atoms with E-state index in [9.17, 15) is 22.4 Å². The number of ketones is 1. The summed E-state index contributed by atoms with van der Waals surface area (Å²) in [7, 11) is 0. The fraction of sp³-hybridized carbons (Fsp3) is 0.143. The Morgan fingerprint density at radius 2 is 1.54 bits per heavy atom. The lowest BCUT2D eigenvalue weighted by atomic mass is 9.86. The third-order valence-corrected chi connectivity index (χ3v) is 5.50. The van der Waals surface area contributed by atoms with Crippen LogP contribution in [0.3, 0.4) is 0 Å². The summed E-state index contributed by atoms with van der Waals surface area (Å²) in [6, 6.07) is 8.44. The number of rotatable bonds is 6. The Hall–Kier alpha value is -2.29. The van der Waals surface area contributed by atoms with Gasteiger partial charge in [0.25, 0.3) is 0 Å². The van der Waals surface area contributed by atoms with Gasteiger partial charge in [0.2, 0.25) is 0 Å². The average molecular weight is 499 g/mol. The SMILES string of the molecule is O=C(Cc1cncc(F)c1I)C[C@H](c1ccc(F)cc1)c1cc(F)cc(F)c1. The summed E-state index contributed by atoms with van der Waals surface area (Å²) in [6.45, 7) is 0. The van der Waals surface area contributed by atoms with Crippen LogP contribution in [0.2, 0.25) is 0 Å². The molecule has 1 aromatic heterocycles. The molecule has 0 amide bonds. The molecule has 0 saturated heterocycles. The van der Waals surface area contributed by atoms with Crippen LogP contribution in [0, 0.1) is 26.8 Å². The zero-order chi connectivity index (χ0) is 20.3. The summed E-state index contributed by atoms with van der Waals surface area (Å²) in [5.41, 5.74) is 1.25. The summed E-state index contributed by atoms with van der Waals surface area (Å²) >= 11 is 1.80. The van der Waals surface area contributed by atoms with Gasteiger partial charge in [-0.25, -0.2) is 17.6 Å². The van der Waals surface area contributed by atoms with Crippen molar-refractivity contribution in [3.8, 4) is 0 Å². The molecule has 0 aliphatic carbocycles. The number of Topliss-reactive ketones (excluding diaryl/α,β-unsaturated/α-hetero) is 1. The zero-order valence-electron chi connectivity index (χ0n) is 14.4. The number of benzene rings is 2. The van der Waals surface area contributed by atoms with E-state index in [1.807, 2.05) is 0 Å². The minimum atomic E-state index is -0.765. The summed E-state index contributed by atoms with van der Waals surface area (Å²) in [4.78, 5) is 16.4. The maximum Gasteiger partial charge on any atom is 0.155 e. The molecule has 3 rings (SSSR count). The van der Waals surface area contributed by atoms with Crippen molar-refractivity contribution in [2.75, 3.05) is 0 Å². The van der Waals surface area contributed by atoms with E-state index < -0.39 is 29.2 Å². The van der Waals surface area contributed by atoms with Crippen LogP contribution >= 0.6 is 22.6 Å². The van der Waals surface area contributed by atoms with Crippen LogP contribution < -0.4 is 0 Å². The highest BCUT2D eigenvalue weighted by Gasteiger charge is 2.21. The van der Waals surface area contributed by atoms with Crippen molar-refractivity contribution in [1.29, 1.82) is 0 Å². The van der Waals surface area contributed by atoms with E-state index >= 15 is 0 Å². The van der Waals surface area contributed by atoms with Crippen LogP contribution in [0.4, 0.5) is 17.6 Å². The van der Waals surface area contributed by atoms with Gasteiger partial charge >= 0.3 is 0 Å². The van der Waals surface area contributed by atoms with Crippen molar-refractivity contribution in [3.05, 3.63) is 98.4 Å². The standard InChI is InChI=1S/C21H14F4INO/c22-15-3-1-12(2-4-15)19(13-5-16(23)8-17(24)6-13)9-18(28)7-14-10-27-11-20(25)21(14)26/h1-6,8,10-11,19H,7,9H2/t19-/m1/s1. The number of aromatic nitrogens is 1. The molecule has 0 spiro atoms. The average Bonchev–Trinajstić information content (AvgIpc) is 2.63. The van der Waals surface area contributed by atoms with Gasteiger partial charge in [-0.2, -0.15) is 0 Å². The number of nitrogens with zero attached hydrogens (tertiary/aromatic N) is 1. The molecule has 0 aliphatic heterocycles. The van der Waals surface area contributed by atoms with E-state index in [0.717, 1.165) is 24.4 Å². The summed E-state index contributed by atoms with van der Waals surface area (Å²) in [5.74, 6) is -3.44. The molecular weight excluding hydrogens is 485 g/mol. The number of hydrogen-bond acceptors (Lipinski definition) is 2. The summed E-state index contributed by atoms with van der Waals surface area (Å²) in [6.07, 6.45) is 2.32. The van der Waals surface area contributed by atoms with Gasteiger partial charge in [-0.15, -0.1) is 0 Å². The maximum absolute atomic E-state index is 13.7. The third kappa shape index (κ3) is 4.95. The lowest BCUT2D eigenvalue weighted by molar-refractivity contribution is -0.118. The molecule has 3 aromatic rings. The number of hydrogen-bond donors (Lipinski definition) is 0. The lowest BCUT2D eigenvalue weighted by Gasteiger charge is -2.18. The topological polar surface area (TPSA) is 30.0 Å². The molecule has 7 heteroatoms. The lowest BCUT2D eigenvalue weighted by Crippen LogP contribution is -2.13. The molecule has 0 aliphatic rings. The van der Waals surface area contributed by atoms with Crippen LogP contribution in [0.5, 0.6) is 0 Å². The molecule has 1 heterocycles. The van der Waals surface area contributed by atoms with E-state index in [1.165, 1.54) is 30.5 Å². The van der Waals surface area contributed by atoms with Gasteiger partial charge in [-0.1, -0.05) is 12.1 Å². The largest absolute Gasteiger partial charge is 0.299 e. The van der Waals surface area contributed by atoms with Crippen LogP contribution in [-0.2, 0) is 11.2 Å². The van der Waals surface area contributed by atoms with Crippen molar-refractivity contribution in [3.63, 3.8) is 0 Å². The first-order chi connectivity index (χ1) is 13.3. The highest BCUT2D eigenvalue weighted by molar-refractivity contribution is 14.1. The van der Waals surface area contributed by atoms with Gasteiger partial charge in [0, 0.05) is 31.0 Å². The van der Waals surface area contributed by atoms with E-state index in [0.29, 0.717) is 14.7 Å². The van der Waals surface area contributed by atoms with Crippen LogP contribution in [0.25, 0.3) is 0 Å². The molecule has 0 unspecified atom stereocenters. The zero-order valence-corrected chi connectivity index (χ0v) is 16.6. The van der Waals surface area contributed by atoms with Crippen LogP contribution in [0.15, 0.2) is 54.9 Å². The minimum Gasteiger partial charge on any atom is -0.299 e. The molecule has 0 radical (unpaired) electrons. The molecule has 2 aromatic carbocycles. The van der Waals surface area contributed by atoms with Crippen molar-refractivity contribution >= 4 is 28.4 Å². The van der Waals surface area contributed by atoms with Crippen molar-refractivity contribution in [1.82, 2.24) is 4.98 Å². The van der Waals surface area contributed by atoms with Gasteiger partial charge in [0.15, 0.2) is 5.82 Å². The fourth-order valence-corrected chi connectivity index (χ4v) is 3.46. The monoisotopic (exact) mass is 499 g/mol. The predicted molar refractivity (Wildman–Crippen MR) is 105 cm³/mol. The predicted octanol–water partition coefficient (Wildman–Crippen LogP) is 5.58. The van der Waals surface area contributed by atoms with E-state index in [4.69, 9.17) is 0 Å². The highest BCUT2D eigenvalue weighted by Crippen LogP contribution is 2.30. The molecule has 0 saturated carbocycles. The first-order valence-electron chi connectivity index (χ1n) is 8.34. The fourth-order valence-electron chi connectivity index (χ4n) is 2.99. The first kappa shape index (κ1) is 20.4. The Kier molecular flexibility index (Phi) is 6.43. The Bertz CT molecular complexity index is 988. The summed E-state index contributed by atoms with van der Waals surface area (Å²) < 4.78 is 54.7. The highest BCUT2D eigenvalue weighted by atomic mass is 127. The minimum absolute atomic E-state index is 0.0709. The van der Waals surface area contributed by atoms with Crippen LogP contribution in [0.1, 0.15) is 29.0 Å². The Morgan fingerprint density at radius 3 is 2.18 bits per heavy atom. The molecule has 0 fully saturated rings. The second-order valence-corrected chi connectivity index (χ2v) is 7.40. The molecule has 0 bridgehead atoms. The van der Waals surface area contributed by atoms with E-state index in [-0.39, 0.29) is 24.2 Å². The quantitative estimate of drug-likeness (QED) is 0.328. The van der Waals surface area contributed by atoms with Crippen molar-refractivity contribution in [2.45, 2.75) is 18.8 Å². The Balaban J connectivity index is 1.91. The number of pyridine rings is 1. The molecule has 144 valence electrons. The first-order valence-corrected chi connectivity index (χ1v) is 9.42. The van der Waals surface area contributed by atoms with Gasteiger partial charge < -0.3 is 0 Å². The van der Waals surface area contributed by atoms with Gasteiger partial charge in [-0.05, 0) is 63.5 Å². The normalized spacial score (nSPS) is 12.0. The van der Waals surface area contributed by atoms with E-state index in [1.54, 1.807) is 22.6 Å². The number of carbonyl (C=O) groups is 1. The molecular formula is C21H14F4INO. The maximum atomic E-state index is 13.7. The molecule has 28 heavy (non-hydrogen) atoms. The molecule has 2 nitrogen and oxygen atoms in total. The van der Waals surface area contributed by atoms with Gasteiger partial charge in [0.05, 0.1) is 9.77 Å². The van der Waals surface area contributed by atoms with Crippen LogP contribution in [-0.4, -0.2) is 10.8 Å². The van der Waals surface area contributed by atoms with Gasteiger partial charge in [0.1, 0.15) is 23.2 Å². The Labute approximate surface area is 172 Å². The summed E-state index contributed by atoms with van der Waals surface area (Å²) in [5, 5.41) is 0. The number of halogens is 5. The smallest absolute Gasteiger partial charge is 0.155 e. The second kappa shape index (κ2) is 8.81. The van der Waals surface area contributed by atoms with E-state index in [2.05, 4.69) is 4.98 Å². The third-order valence-electron chi connectivity index (χ3n) is 4.29. The Morgan fingerprint density at radius 1 is 0.893 bits per heavy atom. The molecule has 1 atom stereocenters. The molecule has 0 N–H and O–H groups in total. The van der Waals surface area contributed by atoms with Crippen molar-refractivity contribution in [2.24, 2.45) is 0 Å². The number of carbonyl (C=O) groups excluding carboxylic acids is 1. The van der Waals surface area contributed by atoms with Crippen molar-refractivity contribution < 1.29 is 22.4 Å². The van der Waals surface area contributed by atoms with Gasteiger partial charge in [-0.3, -0.25) is 9.78 Å².